The molecule has 0 aromatic rings. The fourth-order valence-electron chi connectivity index (χ4n) is 1.40. The number of rotatable bonds is 14. The van der Waals surface area contributed by atoms with Crippen LogP contribution in [0.1, 0.15) is 41.5 Å². The van der Waals surface area contributed by atoms with Crippen LogP contribution in [-0.4, -0.2) is 84.8 Å². The number of aliphatic carboxylic acids is 1. The highest BCUT2D eigenvalue weighted by molar-refractivity contribution is 5.84. The van der Waals surface area contributed by atoms with Crippen molar-refractivity contribution in [2.75, 3.05) is 33.0 Å². The van der Waals surface area contributed by atoms with Crippen molar-refractivity contribution in [3.8, 4) is 0 Å². The average molecular weight is 395 g/mol. The maximum atomic E-state index is 9.60. The Balaban J connectivity index is 0. The third-order valence-corrected chi connectivity index (χ3v) is 3.09. The van der Waals surface area contributed by atoms with Crippen LogP contribution in [-0.2, 0) is 23.7 Å². The van der Waals surface area contributed by atoms with Crippen molar-refractivity contribution in [2.45, 2.75) is 72.1 Å². The van der Waals surface area contributed by atoms with Gasteiger partial charge >= 0.3 is 5.97 Å². The van der Waals surface area contributed by atoms with Crippen molar-refractivity contribution in [2.24, 2.45) is 0 Å². The molecule has 0 saturated carbocycles. The molecule has 0 saturated heterocycles. The average Bonchev–Trinajstić information content (AvgIpc) is 2.61. The van der Waals surface area contributed by atoms with Crippen LogP contribution >= 0.6 is 0 Å². The van der Waals surface area contributed by atoms with Crippen LogP contribution in [0.15, 0.2) is 12.2 Å². The first kappa shape index (κ1) is 28.2. The van der Waals surface area contributed by atoms with Crippen LogP contribution < -0.4 is 0 Å². The molecule has 162 valence electrons. The minimum absolute atomic E-state index is 0.0105. The lowest BCUT2D eigenvalue weighted by atomic mass is 10.3. The molecular weight excluding hydrogens is 356 g/mol. The van der Waals surface area contributed by atoms with Gasteiger partial charge in [0, 0.05) is 5.57 Å². The van der Waals surface area contributed by atoms with Crippen LogP contribution in [0.3, 0.4) is 0 Å². The Labute approximate surface area is 163 Å². The lowest BCUT2D eigenvalue weighted by molar-refractivity contribution is -0.132. The Morgan fingerprint density at radius 1 is 0.815 bits per heavy atom. The largest absolute Gasteiger partial charge is 0.478 e. The highest BCUT2D eigenvalue weighted by atomic mass is 16.6. The van der Waals surface area contributed by atoms with Crippen molar-refractivity contribution in [3.05, 3.63) is 12.2 Å². The first-order valence-corrected chi connectivity index (χ1v) is 9.13. The molecule has 0 rings (SSSR count). The van der Waals surface area contributed by atoms with E-state index in [4.69, 9.17) is 34.3 Å². The van der Waals surface area contributed by atoms with E-state index in [1.807, 2.05) is 27.7 Å². The zero-order valence-electron chi connectivity index (χ0n) is 17.5. The normalized spacial score (nSPS) is 16.4. The third kappa shape index (κ3) is 21.1. The van der Waals surface area contributed by atoms with E-state index in [2.05, 4.69) is 6.58 Å². The van der Waals surface area contributed by atoms with Gasteiger partial charge in [0.05, 0.1) is 63.6 Å². The summed E-state index contributed by atoms with van der Waals surface area (Å²) in [5.74, 6) is -0.935. The molecule has 8 heteroatoms. The second kappa shape index (κ2) is 17.1. The molecule has 8 nitrogen and oxygen atoms in total. The number of aliphatic hydroxyl groups is 2. The number of hydrogen-bond donors (Lipinski definition) is 3. The van der Waals surface area contributed by atoms with Gasteiger partial charge in [-0.15, -0.1) is 0 Å². The smallest absolute Gasteiger partial charge is 0.330 e. The molecule has 0 aromatic heterocycles. The molecule has 5 atom stereocenters. The van der Waals surface area contributed by atoms with Crippen molar-refractivity contribution in [1.82, 2.24) is 0 Å². The van der Waals surface area contributed by atoms with E-state index in [9.17, 15) is 4.79 Å². The second-order valence-electron chi connectivity index (χ2n) is 6.69. The maximum absolute atomic E-state index is 9.60. The molecule has 0 bridgehead atoms. The van der Waals surface area contributed by atoms with Gasteiger partial charge < -0.3 is 34.3 Å². The molecule has 0 radical (unpaired) electrons. The summed E-state index contributed by atoms with van der Waals surface area (Å²) < 4.78 is 22.0. The quantitative estimate of drug-likeness (QED) is 0.381. The molecule has 0 amide bonds. The van der Waals surface area contributed by atoms with E-state index in [-0.39, 0.29) is 36.6 Å². The molecule has 0 aliphatic rings. The van der Waals surface area contributed by atoms with Crippen LogP contribution in [0.4, 0.5) is 0 Å². The minimum Gasteiger partial charge on any atom is -0.478 e. The molecular formula is C19H38O8. The number of ether oxygens (including phenoxy) is 4. The summed E-state index contributed by atoms with van der Waals surface area (Å²) in [6, 6.07) is 0. The van der Waals surface area contributed by atoms with E-state index in [0.29, 0.717) is 26.4 Å². The number of carbonyl (C=O) groups is 1. The molecule has 5 unspecified atom stereocenters. The van der Waals surface area contributed by atoms with Gasteiger partial charge in [-0.25, -0.2) is 4.79 Å². The van der Waals surface area contributed by atoms with E-state index in [0.717, 1.165) is 0 Å². The number of hydrogen-bond acceptors (Lipinski definition) is 7. The Morgan fingerprint density at radius 3 is 1.37 bits per heavy atom. The Hall–Kier alpha value is -1.03. The fourth-order valence-corrected chi connectivity index (χ4v) is 1.40. The van der Waals surface area contributed by atoms with Gasteiger partial charge in [-0.05, 0) is 41.5 Å². The predicted molar refractivity (Wildman–Crippen MR) is 103 cm³/mol. The Bertz CT molecular complexity index is 374. The van der Waals surface area contributed by atoms with E-state index in [1.165, 1.54) is 6.92 Å². The topological polar surface area (TPSA) is 115 Å². The summed E-state index contributed by atoms with van der Waals surface area (Å²) in [5, 5.41) is 25.9. The molecule has 3 N–H and O–H groups in total. The van der Waals surface area contributed by atoms with Crippen molar-refractivity contribution >= 4 is 5.97 Å². The molecule has 0 aliphatic carbocycles. The Morgan fingerprint density at radius 2 is 1.11 bits per heavy atom. The van der Waals surface area contributed by atoms with Crippen LogP contribution in [0.2, 0.25) is 0 Å². The first-order chi connectivity index (χ1) is 12.5. The van der Waals surface area contributed by atoms with Gasteiger partial charge in [-0.1, -0.05) is 6.58 Å². The molecule has 0 fully saturated rings. The van der Waals surface area contributed by atoms with Gasteiger partial charge in [0.15, 0.2) is 0 Å². The number of carboxylic acids is 1. The van der Waals surface area contributed by atoms with Gasteiger partial charge in [-0.2, -0.15) is 0 Å². The highest BCUT2D eigenvalue weighted by Crippen LogP contribution is 2.02. The summed E-state index contributed by atoms with van der Waals surface area (Å²) in [4.78, 5) is 9.60. The molecule has 27 heavy (non-hydrogen) atoms. The number of carboxylic acid groups (broad SMARTS) is 1. The summed E-state index contributed by atoms with van der Waals surface area (Å²) in [7, 11) is 0. The molecule has 0 aromatic carbocycles. The van der Waals surface area contributed by atoms with E-state index < -0.39 is 12.1 Å². The summed E-state index contributed by atoms with van der Waals surface area (Å²) in [6.07, 6.45) is -0.783. The highest BCUT2D eigenvalue weighted by Gasteiger charge is 2.11. The van der Waals surface area contributed by atoms with Gasteiger partial charge in [0.1, 0.15) is 0 Å². The van der Waals surface area contributed by atoms with Crippen LogP contribution in [0.5, 0.6) is 0 Å². The first-order valence-electron chi connectivity index (χ1n) is 9.13. The van der Waals surface area contributed by atoms with Crippen molar-refractivity contribution in [3.63, 3.8) is 0 Å². The summed E-state index contributed by atoms with van der Waals surface area (Å²) >= 11 is 0. The molecule has 0 spiro atoms. The predicted octanol–water partition coefficient (Wildman–Crippen LogP) is 1.63. The van der Waals surface area contributed by atoms with Gasteiger partial charge in [-0.3, -0.25) is 0 Å². The molecule has 0 aliphatic heterocycles. The van der Waals surface area contributed by atoms with Crippen molar-refractivity contribution in [1.29, 1.82) is 0 Å². The van der Waals surface area contributed by atoms with E-state index >= 15 is 0 Å². The zero-order chi connectivity index (χ0) is 21.4. The van der Waals surface area contributed by atoms with Crippen molar-refractivity contribution < 1.29 is 39.1 Å². The zero-order valence-corrected chi connectivity index (χ0v) is 17.5. The lowest BCUT2D eigenvalue weighted by Gasteiger charge is -2.21. The van der Waals surface area contributed by atoms with Crippen LogP contribution in [0.25, 0.3) is 0 Å². The minimum atomic E-state index is -0.935. The van der Waals surface area contributed by atoms with Gasteiger partial charge in [0.2, 0.25) is 0 Å². The van der Waals surface area contributed by atoms with E-state index in [1.54, 1.807) is 6.92 Å². The fraction of sp³-hybridized carbons (Fsp3) is 0.842. The lowest BCUT2D eigenvalue weighted by Crippen LogP contribution is -2.28. The summed E-state index contributed by atoms with van der Waals surface area (Å²) in [6.45, 7) is 15.6. The standard InChI is InChI=1S/C15H32O6.C4H6O2/c1-11(17)7-18-13(3)9-20-15(5)10-21-14(4)8-19-12(2)6-16;1-3(2)4(5)6/h11-17H,6-10H2,1-5H3;1H2,2H3,(H,5,6). The second-order valence-corrected chi connectivity index (χ2v) is 6.69. The maximum Gasteiger partial charge on any atom is 0.330 e. The third-order valence-electron chi connectivity index (χ3n) is 3.09. The SMILES string of the molecule is C=C(C)C(=O)O.CC(O)COC(C)COC(C)COC(C)COC(C)CO. The van der Waals surface area contributed by atoms with Gasteiger partial charge in [0.25, 0.3) is 0 Å². The monoisotopic (exact) mass is 394 g/mol. The molecule has 0 heterocycles. The summed E-state index contributed by atoms with van der Waals surface area (Å²) in [5.41, 5.74) is 0.176. The number of aliphatic hydroxyl groups excluding tert-OH is 2. The Kier molecular flexibility index (Phi) is 17.8. The van der Waals surface area contributed by atoms with Crippen LogP contribution in [0, 0.1) is 0 Å².